The summed E-state index contributed by atoms with van der Waals surface area (Å²) in [4.78, 5) is 6.80. The smallest absolute Gasteiger partial charge is 0.126 e. The molecule has 0 aromatic carbocycles. The zero-order valence-electron chi connectivity index (χ0n) is 11.9. The fraction of sp³-hybridized carbons (Fsp3) is 0.643. The van der Waals surface area contributed by atoms with Gasteiger partial charge in [-0.1, -0.05) is 13.8 Å². The minimum absolute atomic E-state index is 0.929. The molecule has 0 atom stereocenters. The minimum Gasteiger partial charge on any atom is -0.384 e. The van der Waals surface area contributed by atoms with Gasteiger partial charge in [0.2, 0.25) is 0 Å². The van der Waals surface area contributed by atoms with E-state index < -0.39 is 0 Å². The summed E-state index contributed by atoms with van der Waals surface area (Å²) >= 11 is 0. The van der Waals surface area contributed by atoms with Crippen LogP contribution in [0.5, 0.6) is 0 Å². The summed E-state index contributed by atoms with van der Waals surface area (Å²) < 4.78 is 0. The Hall–Kier alpha value is -1.29. The number of rotatable bonds is 9. The normalized spacial score (nSPS) is 10.7. The molecular formula is C14H26N4. The quantitative estimate of drug-likeness (QED) is 0.661. The average Bonchev–Trinajstić information content (AvgIpc) is 2.41. The largest absolute Gasteiger partial charge is 0.384 e. The second-order valence-corrected chi connectivity index (χ2v) is 4.27. The molecule has 1 aromatic heterocycles. The number of hydrogen-bond acceptors (Lipinski definition) is 4. The van der Waals surface area contributed by atoms with Gasteiger partial charge in [-0.2, -0.15) is 0 Å². The van der Waals surface area contributed by atoms with Crippen molar-refractivity contribution in [1.82, 2.24) is 9.88 Å². The van der Waals surface area contributed by atoms with Gasteiger partial charge in [-0.15, -0.1) is 0 Å². The molecule has 0 aliphatic rings. The van der Waals surface area contributed by atoms with Gasteiger partial charge in [0.25, 0.3) is 0 Å². The highest BCUT2D eigenvalue weighted by molar-refractivity contribution is 5.46. The second-order valence-electron chi connectivity index (χ2n) is 4.27. The van der Waals surface area contributed by atoms with Crippen LogP contribution in [0.2, 0.25) is 0 Å². The number of nitrogens with one attached hydrogen (secondary N) is 2. The molecule has 0 saturated carbocycles. The van der Waals surface area contributed by atoms with Crippen LogP contribution in [0, 0.1) is 0 Å². The Morgan fingerprint density at radius 3 is 2.44 bits per heavy atom. The lowest BCUT2D eigenvalue weighted by molar-refractivity contribution is 0.303. The molecule has 102 valence electrons. The molecule has 0 aliphatic heterocycles. The van der Waals surface area contributed by atoms with Crippen LogP contribution in [-0.4, -0.2) is 42.6 Å². The van der Waals surface area contributed by atoms with Gasteiger partial charge in [0.15, 0.2) is 0 Å². The fourth-order valence-corrected chi connectivity index (χ4v) is 1.87. The van der Waals surface area contributed by atoms with E-state index in [-0.39, 0.29) is 0 Å². The van der Waals surface area contributed by atoms with Crippen LogP contribution < -0.4 is 10.6 Å². The Morgan fingerprint density at radius 1 is 1.11 bits per heavy atom. The number of aromatic nitrogens is 1. The molecule has 2 N–H and O–H groups in total. The number of nitrogens with zero attached hydrogens (tertiary/aromatic N) is 2. The van der Waals surface area contributed by atoms with E-state index >= 15 is 0 Å². The van der Waals surface area contributed by atoms with Crippen molar-refractivity contribution in [1.29, 1.82) is 0 Å². The Morgan fingerprint density at radius 2 is 1.89 bits per heavy atom. The molecule has 0 fully saturated rings. The molecule has 0 spiro atoms. The standard InChI is InChI=1S/C14H26N4/c1-4-15-13-8-9-14(17-12-13)16-10-7-11-18(5-2)6-3/h8-9,12,15H,4-7,10-11H2,1-3H3,(H,16,17). The van der Waals surface area contributed by atoms with Crippen LogP contribution in [0.3, 0.4) is 0 Å². The topological polar surface area (TPSA) is 40.2 Å². The molecule has 0 aliphatic carbocycles. The van der Waals surface area contributed by atoms with E-state index in [0.29, 0.717) is 0 Å². The van der Waals surface area contributed by atoms with Gasteiger partial charge in [-0.05, 0) is 45.1 Å². The molecule has 0 saturated heterocycles. The van der Waals surface area contributed by atoms with Crippen molar-refractivity contribution in [2.24, 2.45) is 0 Å². The molecule has 0 radical (unpaired) electrons. The third kappa shape index (κ3) is 5.36. The maximum Gasteiger partial charge on any atom is 0.126 e. The van der Waals surface area contributed by atoms with E-state index in [1.165, 1.54) is 0 Å². The van der Waals surface area contributed by atoms with Gasteiger partial charge in [0.1, 0.15) is 5.82 Å². The Kier molecular flexibility index (Phi) is 7.18. The summed E-state index contributed by atoms with van der Waals surface area (Å²) in [5.74, 6) is 0.955. The fourth-order valence-electron chi connectivity index (χ4n) is 1.87. The molecule has 4 heteroatoms. The zero-order valence-corrected chi connectivity index (χ0v) is 11.9. The van der Waals surface area contributed by atoms with Crippen LogP contribution in [-0.2, 0) is 0 Å². The zero-order chi connectivity index (χ0) is 13.2. The van der Waals surface area contributed by atoms with Crippen LogP contribution in [0.4, 0.5) is 11.5 Å². The first-order valence-corrected chi connectivity index (χ1v) is 6.96. The highest BCUT2D eigenvalue weighted by atomic mass is 15.1. The van der Waals surface area contributed by atoms with Gasteiger partial charge in [0, 0.05) is 13.1 Å². The first-order valence-electron chi connectivity index (χ1n) is 6.96. The monoisotopic (exact) mass is 250 g/mol. The highest BCUT2D eigenvalue weighted by Gasteiger charge is 1.98. The van der Waals surface area contributed by atoms with Crippen LogP contribution >= 0.6 is 0 Å². The molecule has 0 amide bonds. The maximum atomic E-state index is 4.37. The molecule has 4 nitrogen and oxygen atoms in total. The average molecular weight is 250 g/mol. The van der Waals surface area contributed by atoms with E-state index in [2.05, 4.69) is 47.4 Å². The van der Waals surface area contributed by atoms with Gasteiger partial charge < -0.3 is 15.5 Å². The Bertz CT molecular complexity index is 306. The molecule has 1 rings (SSSR count). The van der Waals surface area contributed by atoms with Crippen LogP contribution in [0.1, 0.15) is 27.2 Å². The maximum absolute atomic E-state index is 4.37. The first-order chi connectivity index (χ1) is 8.80. The van der Waals surface area contributed by atoms with Gasteiger partial charge in [-0.25, -0.2) is 4.98 Å². The number of pyridine rings is 1. The lowest BCUT2D eigenvalue weighted by Gasteiger charge is -2.17. The predicted molar refractivity (Wildman–Crippen MR) is 79.3 cm³/mol. The SMILES string of the molecule is CCNc1ccc(NCCCN(CC)CC)nc1. The number of anilines is 2. The highest BCUT2D eigenvalue weighted by Crippen LogP contribution is 2.09. The molecule has 0 unspecified atom stereocenters. The number of hydrogen-bond donors (Lipinski definition) is 2. The third-order valence-electron chi connectivity index (χ3n) is 3.00. The van der Waals surface area contributed by atoms with Crippen molar-refractivity contribution in [2.45, 2.75) is 27.2 Å². The van der Waals surface area contributed by atoms with Crippen LogP contribution in [0.15, 0.2) is 18.3 Å². The molecule has 18 heavy (non-hydrogen) atoms. The molecule has 1 aromatic rings. The van der Waals surface area contributed by atoms with Crippen molar-refractivity contribution < 1.29 is 0 Å². The van der Waals surface area contributed by atoms with Crippen molar-refractivity contribution in [3.63, 3.8) is 0 Å². The summed E-state index contributed by atoms with van der Waals surface area (Å²) in [7, 11) is 0. The Balaban J connectivity index is 2.22. The van der Waals surface area contributed by atoms with E-state index in [4.69, 9.17) is 0 Å². The summed E-state index contributed by atoms with van der Waals surface area (Å²) in [6.07, 6.45) is 3.02. The van der Waals surface area contributed by atoms with E-state index in [1.807, 2.05) is 12.3 Å². The van der Waals surface area contributed by atoms with Gasteiger partial charge in [-0.3, -0.25) is 0 Å². The van der Waals surface area contributed by atoms with Crippen molar-refractivity contribution in [3.8, 4) is 0 Å². The van der Waals surface area contributed by atoms with Crippen molar-refractivity contribution in [2.75, 3.05) is 43.4 Å². The molecule has 0 bridgehead atoms. The third-order valence-corrected chi connectivity index (χ3v) is 3.00. The predicted octanol–water partition coefficient (Wildman–Crippen LogP) is 2.66. The summed E-state index contributed by atoms with van der Waals surface area (Å²) in [6, 6.07) is 4.08. The summed E-state index contributed by atoms with van der Waals surface area (Å²) in [5.41, 5.74) is 1.08. The lowest BCUT2D eigenvalue weighted by atomic mass is 10.3. The second kappa shape index (κ2) is 8.75. The van der Waals surface area contributed by atoms with E-state index in [9.17, 15) is 0 Å². The first kappa shape index (κ1) is 14.8. The molecule has 1 heterocycles. The Labute approximate surface area is 111 Å². The molecular weight excluding hydrogens is 224 g/mol. The summed E-state index contributed by atoms with van der Waals surface area (Å²) in [5, 5.41) is 6.59. The minimum atomic E-state index is 0.929. The van der Waals surface area contributed by atoms with E-state index in [0.717, 1.165) is 50.6 Å². The van der Waals surface area contributed by atoms with Gasteiger partial charge in [0.05, 0.1) is 11.9 Å². The van der Waals surface area contributed by atoms with Crippen molar-refractivity contribution in [3.05, 3.63) is 18.3 Å². The lowest BCUT2D eigenvalue weighted by Crippen LogP contribution is -2.25. The van der Waals surface area contributed by atoms with Gasteiger partial charge >= 0.3 is 0 Å². The van der Waals surface area contributed by atoms with E-state index in [1.54, 1.807) is 0 Å². The van der Waals surface area contributed by atoms with Crippen molar-refractivity contribution >= 4 is 11.5 Å². The summed E-state index contributed by atoms with van der Waals surface area (Å²) in [6.45, 7) is 11.8. The van der Waals surface area contributed by atoms with Crippen LogP contribution in [0.25, 0.3) is 0 Å².